The van der Waals surface area contributed by atoms with Gasteiger partial charge in [-0.1, -0.05) is 6.92 Å². The van der Waals surface area contributed by atoms with Crippen LogP contribution in [0, 0.1) is 5.92 Å². The van der Waals surface area contributed by atoms with Gasteiger partial charge in [0.1, 0.15) is 5.82 Å². The number of piperidine rings is 1. The summed E-state index contributed by atoms with van der Waals surface area (Å²) in [5, 5.41) is 3.65. The molecule has 0 saturated carbocycles. The highest BCUT2D eigenvalue weighted by Gasteiger charge is 2.23. The van der Waals surface area contributed by atoms with E-state index < -0.39 is 0 Å². The minimum Gasteiger partial charge on any atom is -0.337 e. The predicted molar refractivity (Wildman–Crippen MR) is 79.0 cm³/mol. The summed E-state index contributed by atoms with van der Waals surface area (Å²) >= 11 is 0. The monoisotopic (exact) mass is 264 g/mol. The van der Waals surface area contributed by atoms with E-state index >= 15 is 0 Å². The summed E-state index contributed by atoms with van der Waals surface area (Å²) in [5.74, 6) is 1.90. The topological polar surface area (TPSA) is 33.1 Å². The Balaban J connectivity index is 1.79. The Bertz CT molecular complexity index is 372. The number of aromatic nitrogens is 2. The molecule has 1 aliphatic heterocycles. The Morgan fingerprint density at radius 3 is 3.05 bits per heavy atom. The number of likely N-dealkylation sites (tertiary alicyclic amines) is 1. The van der Waals surface area contributed by atoms with Crippen LogP contribution < -0.4 is 5.32 Å². The van der Waals surface area contributed by atoms with Crippen LogP contribution in [0.4, 0.5) is 0 Å². The molecule has 0 radical (unpaired) electrons. The molecular formula is C15H28N4. The zero-order valence-corrected chi connectivity index (χ0v) is 12.6. The number of hydrogen-bond donors (Lipinski definition) is 1. The van der Waals surface area contributed by atoms with Crippen molar-refractivity contribution in [3.63, 3.8) is 0 Å². The van der Waals surface area contributed by atoms with Crippen LogP contribution >= 0.6 is 0 Å². The van der Waals surface area contributed by atoms with E-state index in [1.165, 1.54) is 38.9 Å². The van der Waals surface area contributed by atoms with Crippen molar-refractivity contribution in [3.05, 3.63) is 18.2 Å². The lowest BCUT2D eigenvalue weighted by Gasteiger charge is -2.36. The third-order valence-electron chi connectivity index (χ3n) is 4.29. The average Bonchev–Trinajstić information content (AvgIpc) is 2.82. The van der Waals surface area contributed by atoms with Gasteiger partial charge in [-0.2, -0.15) is 0 Å². The number of imidazole rings is 1. The molecule has 4 nitrogen and oxygen atoms in total. The molecule has 2 heterocycles. The molecule has 2 unspecified atom stereocenters. The van der Waals surface area contributed by atoms with Crippen LogP contribution in [0.15, 0.2) is 12.4 Å². The van der Waals surface area contributed by atoms with E-state index in [0.717, 1.165) is 18.3 Å². The van der Waals surface area contributed by atoms with Crippen molar-refractivity contribution in [1.29, 1.82) is 0 Å². The molecule has 1 aliphatic rings. The zero-order valence-electron chi connectivity index (χ0n) is 12.6. The molecule has 1 aromatic rings. The summed E-state index contributed by atoms with van der Waals surface area (Å²) in [7, 11) is 2.05. The van der Waals surface area contributed by atoms with Gasteiger partial charge in [-0.05, 0) is 45.2 Å². The van der Waals surface area contributed by atoms with Crippen molar-refractivity contribution in [2.24, 2.45) is 13.0 Å². The third kappa shape index (κ3) is 4.05. The molecule has 1 aromatic heterocycles. The minimum atomic E-state index is 0.566. The van der Waals surface area contributed by atoms with Crippen molar-refractivity contribution in [1.82, 2.24) is 19.8 Å². The van der Waals surface area contributed by atoms with Gasteiger partial charge in [0.05, 0.1) is 6.54 Å². The van der Waals surface area contributed by atoms with Crippen molar-refractivity contribution < 1.29 is 0 Å². The van der Waals surface area contributed by atoms with Gasteiger partial charge in [0, 0.05) is 32.0 Å². The van der Waals surface area contributed by atoms with E-state index in [2.05, 4.69) is 40.7 Å². The van der Waals surface area contributed by atoms with Crippen LogP contribution in [0.25, 0.3) is 0 Å². The second-order valence-corrected chi connectivity index (χ2v) is 5.83. The van der Waals surface area contributed by atoms with Gasteiger partial charge in [0.15, 0.2) is 0 Å². The first-order valence-corrected chi connectivity index (χ1v) is 7.62. The molecule has 2 atom stereocenters. The van der Waals surface area contributed by atoms with Crippen LogP contribution in [-0.4, -0.2) is 40.1 Å². The summed E-state index contributed by atoms with van der Waals surface area (Å²) in [5.41, 5.74) is 0. The molecular weight excluding hydrogens is 236 g/mol. The van der Waals surface area contributed by atoms with Crippen molar-refractivity contribution in [2.45, 2.75) is 45.7 Å². The van der Waals surface area contributed by atoms with Gasteiger partial charge in [-0.15, -0.1) is 0 Å². The Morgan fingerprint density at radius 2 is 2.37 bits per heavy atom. The quantitative estimate of drug-likeness (QED) is 0.853. The van der Waals surface area contributed by atoms with E-state index in [9.17, 15) is 0 Å². The first kappa shape index (κ1) is 14.5. The van der Waals surface area contributed by atoms with Gasteiger partial charge in [-0.25, -0.2) is 4.98 Å². The van der Waals surface area contributed by atoms with Gasteiger partial charge in [-0.3, -0.25) is 0 Å². The fourth-order valence-electron chi connectivity index (χ4n) is 3.00. The number of hydrogen-bond acceptors (Lipinski definition) is 3. The number of rotatable bonds is 6. The van der Waals surface area contributed by atoms with Crippen LogP contribution in [-0.2, 0) is 13.6 Å². The predicted octanol–water partition coefficient (Wildman–Crippen LogP) is 2.02. The van der Waals surface area contributed by atoms with Crippen LogP contribution in [0.3, 0.4) is 0 Å². The van der Waals surface area contributed by atoms with Crippen molar-refractivity contribution >= 4 is 0 Å². The summed E-state index contributed by atoms with van der Waals surface area (Å²) in [6.07, 6.45) is 7.84. The Hall–Kier alpha value is -0.870. The molecule has 2 rings (SSSR count). The second-order valence-electron chi connectivity index (χ2n) is 5.83. The molecule has 1 saturated heterocycles. The van der Waals surface area contributed by atoms with Crippen LogP contribution in [0.1, 0.15) is 38.9 Å². The molecule has 1 N–H and O–H groups in total. The van der Waals surface area contributed by atoms with Gasteiger partial charge in [0.2, 0.25) is 0 Å². The fraction of sp³-hybridized carbons (Fsp3) is 0.800. The number of nitrogens with one attached hydrogen (secondary N) is 1. The summed E-state index contributed by atoms with van der Waals surface area (Å²) < 4.78 is 2.09. The molecule has 108 valence electrons. The lowest BCUT2D eigenvalue weighted by Crippen LogP contribution is -2.44. The number of aryl methyl sites for hydroxylation is 1. The molecule has 4 heteroatoms. The van der Waals surface area contributed by atoms with Gasteiger partial charge in [0.25, 0.3) is 0 Å². The van der Waals surface area contributed by atoms with Gasteiger partial charge >= 0.3 is 0 Å². The zero-order chi connectivity index (χ0) is 13.7. The summed E-state index contributed by atoms with van der Waals surface area (Å²) in [6.45, 7) is 9.26. The molecule has 0 bridgehead atoms. The van der Waals surface area contributed by atoms with E-state index in [1.807, 2.05) is 12.4 Å². The van der Waals surface area contributed by atoms with E-state index in [1.54, 1.807) is 0 Å². The molecule has 19 heavy (non-hydrogen) atoms. The van der Waals surface area contributed by atoms with Gasteiger partial charge < -0.3 is 14.8 Å². The Kier molecular flexibility index (Phi) is 5.40. The summed E-state index contributed by atoms with van der Waals surface area (Å²) in [6, 6.07) is 0.566. The van der Waals surface area contributed by atoms with Crippen molar-refractivity contribution in [2.75, 3.05) is 19.6 Å². The highest BCUT2D eigenvalue weighted by Crippen LogP contribution is 2.20. The Labute approximate surface area is 117 Å². The average molecular weight is 264 g/mol. The molecule has 0 amide bonds. The van der Waals surface area contributed by atoms with E-state index in [4.69, 9.17) is 0 Å². The standard InChI is InChI=1S/C15H28N4/c1-4-8-19-9-5-6-14(12-19)13(2)17-11-15-16-7-10-18(15)3/h7,10,13-14,17H,4-6,8-9,11-12H2,1-3H3. The fourth-order valence-corrected chi connectivity index (χ4v) is 3.00. The van der Waals surface area contributed by atoms with E-state index in [-0.39, 0.29) is 0 Å². The maximum atomic E-state index is 4.37. The normalized spacial score (nSPS) is 22.6. The molecule has 0 aliphatic carbocycles. The SMILES string of the molecule is CCCN1CCCC(C(C)NCc2nccn2C)C1. The van der Waals surface area contributed by atoms with Crippen LogP contribution in [0.5, 0.6) is 0 Å². The molecule has 1 fully saturated rings. The molecule has 0 aromatic carbocycles. The third-order valence-corrected chi connectivity index (χ3v) is 4.29. The molecule has 0 spiro atoms. The van der Waals surface area contributed by atoms with Crippen molar-refractivity contribution in [3.8, 4) is 0 Å². The summed E-state index contributed by atoms with van der Waals surface area (Å²) in [4.78, 5) is 6.99. The lowest BCUT2D eigenvalue weighted by molar-refractivity contribution is 0.150. The maximum Gasteiger partial charge on any atom is 0.122 e. The van der Waals surface area contributed by atoms with E-state index in [0.29, 0.717) is 6.04 Å². The smallest absolute Gasteiger partial charge is 0.122 e. The Morgan fingerprint density at radius 1 is 1.53 bits per heavy atom. The highest BCUT2D eigenvalue weighted by molar-refractivity contribution is 4.91. The number of nitrogens with zero attached hydrogens (tertiary/aromatic N) is 3. The first-order valence-electron chi connectivity index (χ1n) is 7.62. The maximum absolute atomic E-state index is 4.37. The minimum absolute atomic E-state index is 0.566. The lowest BCUT2D eigenvalue weighted by atomic mass is 9.91. The first-order chi connectivity index (χ1) is 9.20. The largest absolute Gasteiger partial charge is 0.337 e. The second kappa shape index (κ2) is 7.06. The highest BCUT2D eigenvalue weighted by atomic mass is 15.1. The van der Waals surface area contributed by atoms with Crippen LogP contribution in [0.2, 0.25) is 0 Å².